The molecule has 1 heterocycles. The lowest BCUT2D eigenvalue weighted by atomic mass is 10.2. The molecule has 0 fully saturated rings. The number of halogens is 1. The summed E-state index contributed by atoms with van der Waals surface area (Å²) < 4.78 is 5.20. The SMILES string of the molecule is CC(CN(C)C(=O)NC(C)c1noc(-c2ccc(Cl)cc2)n1)C(=O)O. The Morgan fingerprint density at radius 1 is 1.32 bits per heavy atom. The number of hydrogen-bond donors (Lipinski definition) is 2. The maximum Gasteiger partial charge on any atom is 0.317 e. The van der Waals surface area contributed by atoms with Gasteiger partial charge in [-0.15, -0.1) is 0 Å². The Kier molecular flexibility index (Phi) is 5.97. The van der Waals surface area contributed by atoms with Gasteiger partial charge in [-0.05, 0) is 31.2 Å². The molecule has 0 saturated heterocycles. The number of rotatable bonds is 6. The van der Waals surface area contributed by atoms with Crippen LogP contribution < -0.4 is 5.32 Å². The highest BCUT2D eigenvalue weighted by Gasteiger charge is 2.21. The number of nitrogens with zero attached hydrogens (tertiary/aromatic N) is 3. The minimum Gasteiger partial charge on any atom is -0.481 e. The summed E-state index contributed by atoms with van der Waals surface area (Å²) in [6.07, 6.45) is 0. The number of hydrogen-bond acceptors (Lipinski definition) is 5. The fourth-order valence-electron chi connectivity index (χ4n) is 2.05. The summed E-state index contributed by atoms with van der Waals surface area (Å²) >= 11 is 5.84. The second kappa shape index (κ2) is 7.98. The first kappa shape index (κ1) is 18.7. The summed E-state index contributed by atoms with van der Waals surface area (Å²) in [4.78, 5) is 28.5. The van der Waals surface area contributed by atoms with Crippen molar-refractivity contribution in [3.8, 4) is 11.5 Å². The van der Waals surface area contributed by atoms with Crippen molar-refractivity contribution < 1.29 is 19.2 Å². The van der Waals surface area contributed by atoms with Crippen LogP contribution in [0, 0.1) is 5.92 Å². The molecule has 25 heavy (non-hydrogen) atoms. The van der Waals surface area contributed by atoms with Gasteiger partial charge in [0.25, 0.3) is 5.89 Å². The molecule has 0 bridgehead atoms. The van der Waals surface area contributed by atoms with Crippen LogP contribution in [-0.4, -0.2) is 45.7 Å². The third-order valence-corrected chi connectivity index (χ3v) is 3.83. The van der Waals surface area contributed by atoms with Crippen LogP contribution in [0.2, 0.25) is 5.02 Å². The largest absolute Gasteiger partial charge is 0.481 e. The van der Waals surface area contributed by atoms with E-state index in [1.54, 1.807) is 31.2 Å². The van der Waals surface area contributed by atoms with Crippen LogP contribution in [0.3, 0.4) is 0 Å². The van der Waals surface area contributed by atoms with E-state index >= 15 is 0 Å². The van der Waals surface area contributed by atoms with Gasteiger partial charge in [-0.25, -0.2) is 4.79 Å². The predicted molar refractivity (Wildman–Crippen MR) is 91.1 cm³/mol. The zero-order valence-corrected chi connectivity index (χ0v) is 14.8. The van der Waals surface area contributed by atoms with Crippen LogP contribution in [0.4, 0.5) is 4.79 Å². The zero-order chi connectivity index (χ0) is 18.6. The average Bonchev–Trinajstić information content (AvgIpc) is 3.05. The monoisotopic (exact) mass is 366 g/mol. The molecule has 2 unspecified atom stereocenters. The van der Waals surface area contributed by atoms with E-state index in [0.717, 1.165) is 0 Å². The average molecular weight is 367 g/mol. The summed E-state index contributed by atoms with van der Waals surface area (Å²) in [7, 11) is 1.52. The number of benzene rings is 1. The van der Waals surface area contributed by atoms with Crippen molar-refractivity contribution in [2.24, 2.45) is 5.92 Å². The van der Waals surface area contributed by atoms with Gasteiger partial charge in [-0.1, -0.05) is 23.7 Å². The Morgan fingerprint density at radius 2 is 1.96 bits per heavy atom. The summed E-state index contributed by atoms with van der Waals surface area (Å²) in [5, 5.41) is 16.1. The smallest absolute Gasteiger partial charge is 0.317 e. The molecule has 1 aromatic carbocycles. The van der Waals surface area contributed by atoms with Crippen LogP contribution >= 0.6 is 11.6 Å². The highest BCUT2D eigenvalue weighted by Crippen LogP contribution is 2.21. The fraction of sp³-hybridized carbons (Fsp3) is 0.375. The lowest BCUT2D eigenvalue weighted by Crippen LogP contribution is -2.41. The summed E-state index contributed by atoms with van der Waals surface area (Å²) in [5.41, 5.74) is 0.717. The van der Waals surface area contributed by atoms with Gasteiger partial charge in [-0.2, -0.15) is 4.98 Å². The number of amides is 2. The van der Waals surface area contributed by atoms with E-state index in [-0.39, 0.29) is 6.54 Å². The first-order valence-corrected chi connectivity index (χ1v) is 7.99. The third-order valence-electron chi connectivity index (χ3n) is 3.58. The van der Waals surface area contributed by atoms with Gasteiger partial charge < -0.3 is 19.8 Å². The van der Waals surface area contributed by atoms with Crippen LogP contribution in [0.5, 0.6) is 0 Å². The molecule has 0 aliphatic heterocycles. The van der Waals surface area contributed by atoms with E-state index in [0.29, 0.717) is 22.3 Å². The standard InChI is InChI=1S/C16H19ClN4O4/c1-9(15(22)23)8-21(3)16(24)18-10(2)13-19-14(25-20-13)11-4-6-12(17)7-5-11/h4-7,9-10H,8H2,1-3H3,(H,18,24)(H,22,23). The first-order valence-electron chi connectivity index (χ1n) is 7.62. The number of carboxylic acid groups (broad SMARTS) is 1. The van der Waals surface area contributed by atoms with Crippen molar-refractivity contribution in [3.05, 3.63) is 35.1 Å². The zero-order valence-electron chi connectivity index (χ0n) is 14.1. The molecule has 0 radical (unpaired) electrons. The molecule has 0 spiro atoms. The minimum atomic E-state index is -0.960. The number of aromatic nitrogens is 2. The van der Waals surface area contributed by atoms with Crippen molar-refractivity contribution in [1.82, 2.24) is 20.4 Å². The molecule has 9 heteroatoms. The molecule has 1 aromatic heterocycles. The lowest BCUT2D eigenvalue weighted by Gasteiger charge is -2.21. The van der Waals surface area contributed by atoms with E-state index in [1.807, 2.05) is 0 Å². The molecule has 0 saturated carbocycles. The molecule has 2 aromatic rings. The van der Waals surface area contributed by atoms with Crippen LogP contribution in [0.15, 0.2) is 28.8 Å². The Labute approximate surface area is 149 Å². The number of carbonyl (C=O) groups excluding carboxylic acids is 1. The Hall–Kier alpha value is -2.61. The van der Waals surface area contributed by atoms with Crippen LogP contribution in [0.25, 0.3) is 11.5 Å². The summed E-state index contributed by atoms with van der Waals surface area (Å²) in [5.74, 6) is -0.982. The molecule has 0 aliphatic carbocycles. The second-order valence-corrected chi connectivity index (χ2v) is 6.19. The lowest BCUT2D eigenvalue weighted by molar-refractivity contribution is -0.141. The van der Waals surface area contributed by atoms with Crippen molar-refractivity contribution in [2.45, 2.75) is 19.9 Å². The van der Waals surface area contributed by atoms with Crippen LogP contribution in [0.1, 0.15) is 25.7 Å². The van der Waals surface area contributed by atoms with E-state index in [4.69, 9.17) is 21.2 Å². The van der Waals surface area contributed by atoms with Crippen LogP contribution in [-0.2, 0) is 4.79 Å². The number of carbonyl (C=O) groups is 2. The molecular formula is C16H19ClN4O4. The maximum absolute atomic E-state index is 12.1. The number of urea groups is 1. The van der Waals surface area contributed by atoms with Gasteiger partial charge in [0, 0.05) is 24.2 Å². The van der Waals surface area contributed by atoms with Gasteiger partial charge in [0.15, 0.2) is 5.82 Å². The van der Waals surface area contributed by atoms with E-state index in [2.05, 4.69) is 15.5 Å². The molecular weight excluding hydrogens is 348 g/mol. The Morgan fingerprint density at radius 3 is 2.56 bits per heavy atom. The Balaban J connectivity index is 1.99. The molecule has 2 atom stereocenters. The number of nitrogens with one attached hydrogen (secondary N) is 1. The van der Waals surface area contributed by atoms with Gasteiger partial charge in [0.2, 0.25) is 0 Å². The van der Waals surface area contributed by atoms with Gasteiger partial charge in [-0.3, -0.25) is 4.79 Å². The van der Waals surface area contributed by atoms with E-state index < -0.39 is 24.0 Å². The van der Waals surface area contributed by atoms with E-state index in [1.165, 1.54) is 18.9 Å². The predicted octanol–water partition coefficient (Wildman–Crippen LogP) is 2.81. The second-order valence-electron chi connectivity index (χ2n) is 5.76. The van der Waals surface area contributed by atoms with Crippen molar-refractivity contribution in [3.63, 3.8) is 0 Å². The number of aliphatic carboxylic acids is 1. The van der Waals surface area contributed by atoms with Crippen molar-refractivity contribution in [1.29, 1.82) is 0 Å². The molecule has 134 valence electrons. The quantitative estimate of drug-likeness (QED) is 0.813. The Bertz CT molecular complexity index is 747. The maximum atomic E-state index is 12.1. The topological polar surface area (TPSA) is 109 Å². The highest BCUT2D eigenvalue weighted by molar-refractivity contribution is 6.30. The van der Waals surface area contributed by atoms with Gasteiger partial charge in [0.05, 0.1) is 12.0 Å². The van der Waals surface area contributed by atoms with E-state index in [9.17, 15) is 9.59 Å². The molecule has 0 aliphatic rings. The molecule has 2 N–H and O–H groups in total. The normalized spacial score (nSPS) is 13.1. The minimum absolute atomic E-state index is 0.0934. The fourth-order valence-corrected chi connectivity index (χ4v) is 2.18. The summed E-state index contributed by atoms with van der Waals surface area (Å²) in [6.45, 7) is 3.34. The molecule has 2 amide bonds. The number of carboxylic acids is 1. The van der Waals surface area contributed by atoms with Gasteiger partial charge >= 0.3 is 12.0 Å². The first-order chi connectivity index (χ1) is 11.8. The van der Waals surface area contributed by atoms with Gasteiger partial charge in [0.1, 0.15) is 0 Å². The summed E-state index contributed by atoms with van der Waals surface area (Å²) in [6, 6.07) is 6.02. The molecule has 8 nitrogen and oxygen atoms in total. The van der Waals surface area contributed by atoms with Crippen molar-refractivity contribution >= 4 is 23.6 Å². The molecule has 2 rings (SSSR count). The van der Waals surface area contributed by atoms with Crippen molar-refractivity contribution in [2.75, 3.05) is 13.6 Å². The highest BCUT2D eigenvalue weighted by atomic mass is 35.5. The third kappa shape index (κ3) is 4.93.